The molecule has 0 bridgehead atoms. The summed E-state index contributed by atoms with van der Waals surface area (Å²) in [6, 6.07) is 7.60. The predicted octanol–water partition coefficient (Wildman–Crippen LogP) is 4.07. The molecule has 0 atom stereocenters. The molecule has 0 aliphatic heterocycles. The fourth-order valence-corrected chi connectivity index (χ4v) is 2.85. The highest BCUT2D eigenvalue weighted by atomic mass is 127. The van der Waals surface area contributed by atoms with Gasteiger partial charge in [-0.25, -0.2) is 8.78 Å². The largest absolute Gasteiger partial charge is 0.352 e. The first-order chi connectivity index (χ1) is 10.6. The molecule has 0 saturated heterocycles. The summed E-state index contributed by atoms with van der Waals surface area (Å²) < 4.78 is 26.7. The van der Waals surface area contributed by atoms with Crippen LogP contribution in [0.2, 0.25) is 0 Å². The average molecular weight is 451 g/mol. The van der Waals surface area contributed by atoms with Crippen LogP contribution >= 0.6 is 35.3 Å². The molecule has 7 heteroatoms. The van der Waals surface area contributed by atoms with Crippen molar-refractivity contribution in [2.45, 2.75) is 26.4 Å². The summed E-state index contributed by atoms with van der Waals surface area (Å²) in [5.74, 6) is -0.336. The van der Waals surface area contributed by atoms with Crippen molar-refractivity contribution in [2.24, 2.45) is 4.99 Å². The van der Waals surface area contributed by atoms with Crippen LogP contribution in [0.1, 0.15) is 22.2 Å². The van der Waals surface area contributed by atoms with Crippen molar-refractivity contribution in [3.05, 3.63) is 57.3 Å². The number of hydrogen-bond donors (Lipinski definition) is 2. The van der Waals surface area contributed by atoms with Gasteiger partial charge in [-0.3, -0.25) is 4.99 Å². The number of nitrogens with zero attached hydrogens (tertiary/aromatic N) is 1. The lowest BCUT2D eigenvalue weighted by atomic mass is 10.2. The van der Waals surface area contributed by atoms with E-state index in [0.29, 0.717) is 12.5 Å². The summed E-state index contributed by atoms with van der Waals surface area (Å²) in [5, 5.41) is 6.14. The zero-order valence-electron chi connectivity index (χ0n) is 13.0. The van der Waals surface area contributed by atoms with Gasteiger partial charge in [-0.2, -0.15) is 0 Å². The fourth-order valence-electron chi connectivity index (χ4n) is 1.96. The van der Waals surface area contributed by atoms with Crippen molar-refractivity contribution in [3.63, 3.8) is 0 Å². The van der Waals surface area contributed by atoms with Crippen LogP contribution in [0.5, 0.6) is 0 Å². The highest BCUT2D eigenvalue weighted by Crippen LogP contribution is 2.16. The molecule has 0 fully saturated rings. The van der Waals surface area contributed by atoms with Crippen LogP contribution in [0.3, 0.4) is 0 Å². The molecule has 1 aromatic carbocycles. The first kappa shape index (κ1) is 19.8. The summed E-state index contributed by atoms with van der Waals surface area (Å²) in [7, 11) is 1.64. The van der Waals surface area contributed by atoms with Crippen molar-refractivity contribution < 1.29 is 8.78 Å². The molecule has 0 aliphatic carbocycles. The molecule has 1 aromatic heterocycles. The normalized spacial score (nSPS) is 11.0. The maximum absolute atomic E-state index is 13.6. The van der Waals surface area contributed by atoms with Gasteiger partial charge in [0, 0.05) is 28.9 Å². The van der Waals surface area contributed by atoms with E-state index in [1.54, 1.807) is 18.4 Å². The van der Waals surface area contributed by atoms with Crippen molar-refractivity contribution in [2.75, 3.05) is 7.05 Å². The van der Waals surface area contributed by atoms with Gasteiger partial charge in [0.05, 0.1) is 6.54 Å². The number of guanidine groups is 1. The molecule has 0 unspecified atom stereocenters. The third-order valence-corrected chi connectivity index (χ3v) is 4.40. The van der Waals surface area contributed by atoms with E-state index in [1.165, 1.54) is 15.8 Å². The standard InChI is InChI=1S/C16H19F2N3S.HI/c1-3-13-5-6-14(22-13)10-21-16(19-2)20-9-11-8-12(17)4-7-15(11)18;/h4-8H,3,9-10H2,1-2H3,(H2,19,20,21);1H. The monoisotopic (exact) mass is 451 g/mol. The van der Waals surface area contributed by atoms with Crippen LogP contribution < -0.4 is 10.6 Å². The molecule has 3 nitrogen and oxygen atoms in total. The van der Waals surface area contributed by atoms with Crippen LogP contribution in [0.15, 0.2) is 35.3 Å². The highest BCUT2D eigenvalue weighted by molar-refractivity contribution is 14.0. The van der Waals surface area contributed by atoms with E-state index in [2.05, 4.69) is 34.7 Å². The Labute approximate surface area is 156 Å². The lowest BCUT2D eigenvalue weighted by Crippen LogP contribution is -2.36. The van der Waals surface area contributed by atoms with Gasteiger partial charge in [0.25, 0.3) is 0 Å². The van der Waals surface area contributed by atoms with Gasteiger partial charge < -0.3 is 10.6 Å². The van der Waals surface area contributed by atoms with Gasteiger partial charge in [-0.1, -0.05) is 6.92 Å². The van der Waals surface area contributed by atoms with Crippen molar-refractivity contribution in [1.82, 2.24) is 10.6 Å². The third-order valence-electron chi connectivity index (χ3n) is 3.17. The molecule has 126 valence electrons. The molecule has 2 rings (SSSR count). The Hall–Kier alpha value is -1.22. The number of nitrogens with one attached hydrogen (secondary N) is 2. The lowest BCUT2D eigenvalue weighted by molar-refractivity contribution is 0.581. The van der Waals surface area contributed by atoms with E-state index < -0.39 is 11.6 Å². The molecule has 23 heavy (non-hydrogen) atoms. The Morgan fingerprint density at radius 2 is 1.78 bits per heavy atom. The summed E-state index contributed by atoms with van der Waals surface area (Å²) in [5.41, 5.74) is 0.271. The third kappa shape index (κ3) is 6.06. The first-order valence-corrected chi connectivity index (χ1v) is 7.90. The number of benzene rings is 1. The number of thiophene rings is 1. The van der Waals surface area contributed by atoms with Gasteiger partial charge in [-0.05, 0) is 36.8 Å². The molecule has 2 N–H and O–H groups in total. The molecule has 0 amide bonds. The fraction of sp³-hybridized carbons (Fsp3) is 0.312. The van der Waals surface area contributed by atoms with Gasteiger partial charge in [-0.15, -0.1) is 35.3 Å². The molecular weight excluding hydrogens is 431 g/mol. The molecule has 2 aromatic rings. The summed E-state index contributed by atoms with van der Waals surface area (Å²) in [6.45, 7) is 2.95. The van der Waals surface area contributed by atoms with Crippen LogP contribution in [0, 0.1) is 11.6 Å². The van der Waals surface area contributed by atoms with Gasteiger partial charge in [0.1, 0.15) is 11.6 Å². The topological polar surface area (TPSA) is 36.4 Å². The Balaban J connectivity index is 0.00000264. The van der Waals surface area contributed by atoms with E-state index in [1.807, 2.05) is 0 Å². The van der Waals surface area contributed by atoms with Gasteiger partial charge in [0.15, 0.2) is 5.96 Å². The molecule has 0 saturated carbocycles. The Morgan fingerprint density at radius 1 is 1.09 bits per heavy atom. The Morgan fingerprint density at radius 3 is 2.43 bits per heavy atom. The number of halogens is 3. The number of aryl methyl sites for hydroxylation is 1. The van der Waals surface area contributed by atoms with Crippen LogP contribution in [-0.4, -0.2) is 13.0 Å². The molecule has 0 spiro atoms. The quantitative estimate of drug-likeness (QED) is 0.409. The number of aliphatic imine (C=N–C) groups is 1. The maximum atomic E-state index is 13.6. The smallest absolute Gasteiger partial charge is 0.191 e. The average Bonchev–Trinajstić information content (AvgIpc) is 2.98. The molecule has 0 radical (unpaired) electrons. The minimum absolute atomic E-state index is 0. The minimum atomic E-state index is -0.452. The minimum Gasteiger partial charge on any atom is -0.352 e. The van der Waals surface area contributed by atoms with E-state index >= 15 is 0 Å². The van der Waals surface area contributed by atoms with Crippen molar-refractivity contribution >= 4 is 41.3 Å². The highest BCUT2D eigenvalue weighted by Gasteiger charge is 2.06. The summed E-state index contributed by atoms with van der Waals surface area (Å²) in [6.07, 6.45) is 1.02. The predicted molar refractivity (Wildman–Crippen MR) is 103 cm³/mol. The second-order valence-corrected chi connectivity index (χ2v) is 5.99. The Kier molecular flexibility index (Phi) is 8.46. The number of rotatable bonds is 5. The first-order valence-electron chi connectivity index (χ1n) is 7.08. The Bertz CT molecular complexity index is 659. The van der Waals surface area contributed by atoms with Crippen LogP contribution in [0.25, 0.3) is 0 Å². The zero-order valence-corrected chi connectivity index (χ0v) is 16.2. The van der Waals surface area contributed by atoms with Crippen LogP contribution in [-0.2, 0) is 19.5 Å². The lowest BCUT2D eigenvalue weighted by Gasteiger charge is -2.11. The van der Waals surface area contributed by atoms with Crippen molar-refractivity contribution in [1.29, 1.82) is 0 Å². The second-order valence-electron chi connectivity index (χ2n) is 4.74. The van der Waals surface area contributed by atoms with Gasteiger partial charge >= 0.3 is 0 Å². The van der Waals surface area contributed by atoms with Gasteiger partial charge in [0.2, 0.25) is 0 Å². The number of hydrogen-bond acceptors (Lipinski definition) is 2. The molecule has 1 heterocycles. The second kappa shape index (κ2) is 9.82. The summed E-state index contributed by atoms with van der Waals surface area (Å²) >= 11 is 1.75. The van der Waals surface area contributed by atoms with E-state index in [0.717, 1.165) is 18.6 Å². The maximum Gasteiger partial charge on any atom is 0.191 e. The molecule has 0 aliphatic rings. The van der Waals surface area contributed by atoms with E-state index in [-0.39, 0.29) is 36.1 Å². The zero-order chi connectivity index (χ0) is 15.9. The van der Waals surface area contributed by atoms with E-state index in [9.17, 15) is 8.78 Å². The summed E-state index contributed by atoms with van der Waals surface area (Å²) in [4.78, 5) is 6.62. The van der Waals surface area contributed by atoms with Crippen LogP contribution in [0.4, 0.5) is 8.78 Å². The van der Waals surface area contributed by atoms with Crippen molar-refractivity contribution in [3.8, 4) is 0 Å². The van der Waals surface area contributed by atoms with E-state index in [4.69, 9.17) is 0 Å². The SMILES string of the molecule is CCc1ccc(CNC(=NC)NCc2cc(F)ccc2F)s1.I. The molecular formula is C16H20F2IN3S.